The van der Waals surface area contributed by atoms with Crippen LogP contribution in [-0.4, -0.2) is 17.6 Å². The summed E-state index contributed by atoms with van der Waals surface area (Å²) in [6.07, 6.45) is 3.37. The molecule has 1 aliphatic carbocycles. The predicted octanol–water partition coefficient (Wildman–Crippen LogP) is 3.01. The van der Waals surface area contributed by atoms with Crippen LogP contribution < -0.4 is 11.1 Å². The third kappa shape index (κ3) is 3.74. The average molecular weight is 326 g/mol. The van der Waals surface area contributed by atoms with Crippen molar-refractivity contribution in [2.45, 2.75) is 24.2 Å². The Morgan fingerprint density at radius 1 is 1.09 bits per heavy atom. The molecule has 5 heteroatoms. The van der Waals surface area contributed by atoms with Crippen molar-refractivity contribution < 1.29 is 9.59 Å². The highest BCUT2D eigenvalue weighted by molar-refractivity contribution is 8.00. The molecule has 2 amide bonds. The van der Waals surface area contributed by atoms with Crippen LogP contribution in [0.4, 0.5) is 5.69 Å². The van der Waals surface area contributed by atoms with Crippen molar-refractivity contribution in [2.75, 3.05) is 11.1 Å². The van der Waals surface area contributed by atoms with Gasteiger partial charge in [-0.3, -0.25) is 9.59 Å². The Morgan fingerprint density at radius 3 is 2.70 bits per heavy atom. The lowest BCUT2D eigenvalue weighted by molar-refractivity contribution is -0.115. The van der Waals surface area contributed by atoms with Crippen molar-refractivity contribution in [1.29, 1.82) is 0 Å². The summed E-state index contributed by atoms with van der Waals surface area (Å²) in [5, 5.41) is 2.95. The number of hydrogen-bond donors (Lipinski definition) is 2. The van der Waals surface area contributed by atoms with Gasteiger partial charge in [0.25, 0.3) is 5.91 Å². The van der Waals surface area contributed by atoms with Crippen molar-refractivity contribution in [3.05, 3.63) is 59.2 Å². The molecule has 0 unspecified atom stereocenters. The fourth-order valence-electron chi connectivity index (χ4n) is 2.78. The van der Waals surface area contributed by atoms with E-state index in [1.165, 1.54) is 29.3 Å². The zero-order valence-corrected chi connectivity index (χ0v) is 13.5. The first kappa shape index (κ1) is 15.6. The summed E-state index contributed by atoms with van der Waals surface area (Å²) in [6, 6.07) is 13.3. The molecule has 0 saturated carbocycles. The second-order valence-corrected chi connectivity index (χ2v) is 6.56. The maximum absolute atomic E-state index is 12.5. The number of amides is 2. The van der Waals surface area contributed by atoms with Crippen LogP contribution in [0.3, 0.4) is 0 Å². The second-order valence-electron chi connectivity index (χ2n) is 5.54. The number of hydrogen-bond acceptors (Lipinski definition) is 3. The summed E-state index contributed by atoms with van der Waals surface area (Å²) in [7, 11) is 0. The molecule has 3 rings (SSSR count). The van der Waals surface area contributed by atoms with E-state index < -0.39 is 5.91 Å². The summed E-state index contributed by atoms with van der Waals surface area (Å²) >= 11 is 1.28. The highest BCUT2D eigenvalue weighted by Gasteiger charge is 2.15. The van der Waals surface area contributed by atoms with E-state index in [0.29, 0.717) is 5.56 Å². The smallest absolute Gasteiger partial charge is 0.256 e. The van der Waals surface area contributed by atoms with Gasteiger partial charge in [-0.25, -0.2) is 0 Å². The Balaban J connectivity index is 1.77. The van der Waals surface area contributed by atoms with Crippen molar-refractivity contribution in [3.8, 4) is 0 Å². The summed E-state index contributed by atoms with van der Waals surface area (Å²) in [6.45, 7) is 0. The molecule has 3 N–H and O–H groups in total. The minimum absolute atomic E-state index is 0.156. The largest absolute Gasteiger partial charge is 0.369 e. The Kier molecular flexibility index (Phi) is 4.67. The van der Waals surface area contributed by atoms with Gasteiger partial charge in [0.05, 0.1) is 11.3 Å². The van der Waals surface area contributed by atoms with Gasteiger partial charge in [0.2, 0.25) is 5.91 Å². The van der Waals surface area contributed by atoms with Crippen LogP contribution in [0.15, 0.2) is 47.4 Å². The molecule has 1 aliphatic rings. The van der Waals surface area contributed by atoms with Crippen LogP contribution in [-0.2, 0) is 17.6 Å². The molecule has 2 aromatic rings. The first-order valence-corrected chi connectivity index (χ1v) is 8.55. The fourth-order valence-corrected chi connectivity index (χ4v) is 3.57. The molecule has 0 fully saturated rings. The highest BCUT2D eigenvalue weighted by atomic mass is 32.2. The van der Waals surface area contributed by atoms with Crippen LogP contribution in [0.25, 0.3) is 0 Å². The van der Waals surface area contributed by atoms with Gasteiger partial charge in [0, 0.05) is 10.6 Å². The van der Waals surface area contributed by atoms with Crippen LogP contribution in [0.2, 0.25) is 0 Å². The van der Waals surface area contributed by atoms with E-state index in [1.54, 1.807) is 6.07 Å². The number of nitrogens with one attached hydrogen (secondary N) is 1. The van der Waals surface area contributed by atoms with E-state index in [2.05, 4.69) is 17.4 Å². The molecular formula is C18H18N2O2S. The van der Waals surface area contributed by atoms with Gasteiger partial charge in [-0.05, 0) is 54.7 Å². The van der Waals surface area contributed by atoms with Gasteiger partial charge < -0.3 is 11.1 Å². The second kappa shape index (κ2) is 6.87. The minimum Gasteiger partial charge on any atom is -0.369 e. The summed E-state index contributed by atoms with van der Waals surface area (Å²) in [5.41, 5.74) is 9.24. The normalized spacial score (nSPS) is 12.7. The lowest BCUT2D eigenvalue weighted by atomic mass is 10.1. The Labute approximate surface area is 139 Å². The van der Waals surface area contributed by atoms with E-state index in [4.69, 9.17) is 5.73 Å². The number of thioether (sulfide) groups is 1. The van der Waals surface area contributed by atoms with Crippen LogP contribution >= 0.6 is 11.8 Å². The minimum atomic E-state index is -0.399. The Hall–Kier alpha value is -2.27. The highest BCUT2D eigenvalue weighted by Crippen LogP contribution is 2.26. The molecular weight excluding hydrogens is 308 g/mol. The van der Waals surface area contributed by atoms with Crippen LogP contribution in [0, 0.1) is 0 Å². The number of nitrogens with two attached hydrogens (primary N) is 1. The zero-order chi connectivity index (χ0) is 16.2. The summed E-state index contributed by atoms with van der Waals surface area (Å²) in [4.78, 5) is 24.2. The number of carbonyl (C=O) groups excluding carboxylic acids is 2. The van der Waals surface area contributed by atoms with E-state index in [0.717, 1.165) is 23.4 Å². The van der Waals surface area contributed by atoms with Crippen molar-refractivity contribution in [2.24, 2.45) is 5.73 Å². The average Bonchev–Trinajstić information content (AvgIpc) is 3.00. The van der Waals surface area contributed by atoms with Crippen LogP contribution in [0.5, 0.6) is 0 Å². The first-order valence-electron chi connectivity index (χ1n) is 7.57. The molecule has 0 bridgehead atoms. The molecule has 0 heterocycles. The van der Waals surface area contributed by atoms with Crippen molar-refractivity contribution >= 4 is 29.3 Å². The molecule has 0 aliphatic heterocycles. The number of aryl methyl sites for hydroxylation is 2. The van der Waals surface area contributed by atoms with Crippen molar-refractivity contribution in [3.63, 3.8) is 0 Å². The Bertz CT molecular complexity index is 758. The third-order valence-electron chi connectivity index (χ3n) is 3.86. The van der Waals surface area contributed by atoms with Gasteiger partial charge in [-0.1, -0.05) is 18.2 Å². The molecule has 4 nitrogen and oxygen atoms in total. The molecule has 2 aromatic carbocycles. The monoisotopic (exact) mass is 326 g/mol. The molecule has 0 aromatic heterocycles. The number of primary amides is 1. The zero-order valence-electron chi connectivity index (χ0n) is 12.7. The van der Waals surface area contributed by atoms with E-state index in [1.807, 2.05) is 24.3 Å². The predicted molar refractivity (Wildman–Crippen MR) is 92.8 cm³/mol. The Morgan fingerprint density at radius 2 is 1.87 bits per heavy atom. The topological polar surface area (TPSA) is 72.2 Å². The molecule has 23 heavy (non-hydrogen) atoms. The SMILES string of the molecule is NC(=O)CSc1ccccc1C(=O)Nc1ccc2c(c1)CCC2. The van der Waals surface area contributed by atoms with Crippen LogP contribution in [0.1, 0.15) is 27.9 Å². The number of carbonyl (C=O) groups is 2. The lowest BCUT2D eigenvalue weighted by Crippen LogP contribution is -2.15. The number of anilines is 1. The maximum Gasteiger partial charge on any atom is 0.256 e. The standard InChI is InChI=1S/C18H18N2O2S/c19-17(21)11-23-16-7-2-1-6-15(16)18(22)20-14-9-8-12-4-3-5-13(12)10-14/h1-2,6-10H,3-5,11H2,(H2,19,21)(H,20,22). The van der Waals surface area contributed by atoms with Gasteiger partial charge in [0.15, 0.2) is 0 Å². The molecule has 118 valence electrons. The van der Waals surface area contributed by atoms with Gasteiger partial charge in [-0.15, -0.1) is 11.8 Å². The summed E-state index contributed by atoms with van der Waals surface area (Å²) in [5.74, 6) is -0.414. The van der Waals surface area contributed by atoms with E-state index >= 15 is 0 Å². The van der Waals surface area contributed by atoms with E-state index in [9.17, 15) is 9.59 Å². The number of benzene rings is 2. The van der Waals surface area contributed by atoms with Gasteiger partial charge >= 0.3 is 0 Å². The number of rotatable bonds is 5. The third-order valence-corrected chi connectivity index (χ3v) is 4.95. The molecule has 0 atom stereocenters. The molecule has 0 saturated heterocycles. The van der Waals surface area contributed by atoms with E-state index in [-0.39, 0.29) is 11.7 Å². The number of fused-ring (bicyclic) bond motifs is 1. The quantitative estimate of drug-likeness (QED) is 0.830. The lowest BCUT2D eigenvalue weighted by Gasteiger charge is -2.10. The summed E-state index contributed by atoms with van der Waals surface area (Å²) < 4.78 is 0. The van der Waals surface area contributed by atoms with Gasteiger partial charge in [-0.2, -0.15) is 0 Å². The fraction of sp³-hybridized carbons (Fsp3) is 0.222. The first-order chi connectivity index (χ1) is 11.1. The van der Waals surface area contributed by atoms with Crippen molar-refractivity contribution in [1.82, 2.24) is 0 Å². The van der Waals surface area contributed by atoms with Gasteiger partial charge in [0.1, 0.15) is 0 Å². The maximum atomic E-state index is 12.5. The molecule has 0 spiro atoms. The molecule has 0 radical (unpaired) electrons.